The molecule has 0 N–H and O–H groups in total. The van der Waals surface area contributed by atoms with Crippen LogP contribution in [0.15, 0.2) is 28.7 Å². The Morgan fingerprint density at radius 1 is 1.15 bits per heavy atom. The SMILES string of the molecule is Clc1nc2ccccc2c(Br)c1Cl. The minimum Gasteiger partial charge on any atom is -0.234 e. The highest BCUT2D eigenvalue weighted by molar-refractivity contribution is 9.10. The van der Waals surface area contributed by atoms with E-state index in [0.29, 0.717) is 10.2 Å². The van der Waals surface area contributed by atoms with Crippen molar-refractivity contribution in [3.8, 4) is 0 Å². The van der Waals surface area contributed by atoms with Gasteiger partial charge in [0, 0.05) is 9.86 Å². The van der Waals surface area contributed by atoms with Crippen LogP contribution in [0.5, 0.6) is 0 Å². The zero-order valence-electron chi connectivity index (χ0n) is 6.39. The smallest absolute Gasteiger partial charge is 0.149 e. The van der Waals surface area contributed by atoms with Gasteiger partial charge in [-0.25, -0.2) is 4.98 Å². The summed E-state index contributed by atoms with van der Waals surface area (Å²) >= 11 is 15.1. The standard InChI is InChI=1S/C9H4BrCl2N/c10-7-5-3-1-2-4-6(5)13-9(12)8(7)11/h1-4H. The Balaban J connectivity index is 2.94. The zero-order chi connectivity index (χ0) is 9.42. The molecule has 0 unspecified atom stereocenters. The number of halogens is 3. The van der Waals surface area contributed by atoms with Crippen molar-refractivity contribution in [1.82, 2.24) is 4.98 Å². The molecule has 0 spiro atoms. The Morgan fingerprint density at radius 3 is 2.62 bits per heavy atom. The first-order valence-corrected chi connectivity index (χ1v) is 5.14. The summed E-state index contributed by atoms with van der Waals surface area (Å²) in [7, 11) is 0. The lowest BCUT2D eigenvalue weighted by Gasteiger charge is -2.03. The molecular weight excluding hydrogens is 273 g/mol. The molecule has 4 heteroatoms. The molecule has 0 aliphatic rings. The van der Waals surface area contributed by atoms with Crippen LogP contribution in [-0.2, 0) is 0 Å². The molecule has 1 heterocycles. The predicted molar refractivity (Wildman–Crippen MR) is 59.5 cm³/mol. The van der Waals surface area contributed by atoms with Crippen LogP contribution in [0.2, 0.25) is 10.2 Å². The highest BCUT2D eigenvalue weighted by Gasteiger charge is 2.08. The molecule has 2 aromatic rings. The number of para-hydroxylation sites is 1. The highest BCUT2D eigenvalue weighted by Crippen LogP contribution is 2.34. The van der Waals surface area contributed by atoms with Gasteiger partial charge >= 0.3 is 0 Å². The second-order valence-electron chi connectivity index (χ2n) is 2.55. The van der Waals surface area contributed by atoms with Crippen molar-refractivity contribution in [2.45, 2.75) is 0 Å². The molecule has 0 fully saturated rings. The fourth-order valence-electron chi connectivity index (χ4n) is 1.12. The summed E-state index contributed by atoms with van der Waals surface area (Å²) in [6.45, 7) is 0. The molecule has 0 saturated carbocycles. The third-order valence-corrected chi connectivity index (χ3v) is 3.52. The third kappa shape index (κ3) is 1.54. The molecular formula is C9H4BrCl2N. The average Bonchev–Trinajstić information content (AvgIpc) is 2.15. The van der Waals surface area contributed by atoms with Crippen molar-refractivity contribution in [3.05, 3.63) is 38.9 Å². The van der Waals surface area contributed by atoms with Crippen molar-refractivity contribution in [2.75, 3.05) is 0 Å². The number of fused-ring (bicyclic) bond motifs is 1. The van der Waals surface area contributed by atoms with E-state index >= 15 is 0 Å². The van der Waals surface area contributed by atoms with E-state index in [9.17, 15) is 0 Å². The van der Waals surface area contributed by atoms with Crippen molar-refractivity contribution in [2.24, 2.45) is 0 Å². The molecule has 1 aromatic carbocycles. The monoisotopic (exact) mass is 275 g/mol. The van der Waals surface area contributed by atoms with E-state index < -0.39 is 0 Å². The fourth-order valence-corrected chi connectivity index (χ4v) is 2.09. The summed E-state index contributed by atoms with van der Waals surface area (Å²) < 4.78 is 0.796. The quantitative estimate of drug-likeness (QED) is 0.654. The number of benzene rings is 1. The van der Waals surface area contributed by atoms with Crippen LogP contribution in [0.1, 0.15) is 0 Å². The molecule has 0 bridgehead atoms. The molecule has 0 aliphatic heterocycles. The lowest BCUT2D eigenvalue weighted by molar-refractivity contribution is 1.40. The zero-order valence-corrected chi connectivity index (χ0v) is 9.49. The van der Waals surface area contributed by atoms with Gasteiger partial charge < -0.3 is 0 Å². The Kier molecular flexibility index (Phi) is 2.45. The first kappa shape index (κ1) is 9.25. The Bertz CT molecular complexity index is 470. The molecule has 1 nitrogen and oxygen atoms in total. The minimum absolute atomic E-state index is 0.326. The van der Waals surface area contributed by atoms with Gasteiger partial charge in [0.05, 0.1) is 10.5 Å². The van der Waals surface area contributed by atoms with Crippen LogP contribution >= 0.6 is 39.1 Å². The molecule has 2 rings (SSSR count). The van der Waals surface area contributed by atoms with Gasteiger partial charge in [-0.2, -0.15) is 0 Å². The van der Waals surface area contributed by atoms with Crippen molar-refractivity contribution in [1.29, 1.82) is 0 Å². The Labute approximate surface area is 93.8 Å². The molecule has 0 saturated heterocycles. The van der Waals surface area contributed by atoms with E-state index in [1.165, 1.54) is 0 Å². The van der Waals surface area contributed by atoms with Gasteiger partial charge in [0.1, 0.15) is 5.15 Å². The lowest BCUT2D eigenvalue weighted by Crippen LogP contribution is -1.83. The second-order valence-corrected chi connectivity index (χ2v) is 4.08. The second kappa shape index (κ2) is 3.45. The van der Waals surface area contributed by atoms with E-state index in [1.807, 2.05) is 24.3 Å². The number of aromatic nitrogens is 1. The predicted octanol–water partition coefficient (Wildman–Crippen LogP) is 4.30. The molecule has 13 heavy (non-hydrogen) atoms. The van der Waals surface area contributed by atoms with Crippen LogP contribution in [0.25, 0.3) is 10.9 Å². The van der Waals surface area contributed by atoms with Crippen molar-refractivity contribution < 1.29 is 0 Å². The number of rotatable bonds is 0. The molecule has 0 atom stereocenters. The van der Waals surface area contributed by atoms with Crippen LogP contribution in [0.4, 0.5) is 0 Å². The summed E-state index contributed by atoms with van der Waals surface area (Å²) in [5, 5.41) is 1.75. The topological polar surface area (TPSA) is 12.9 Å². The molecule has 0 aliphatic carbocycles. The van der Waals surface area contributed by atoms with Gasteiger partial charge in [0.25, 0.3) is 0 Å². The normalized spacial score (nSPS) is 10.7. The first-order valence-electron chi connectivity index (χ1n) is 3.59. The van der Waals surface area contributed by atoms with Gasteiger partial charge in [0.2, 0.25) is 0 Å². The maximum absolute atomic E-state index is 5.92. The van der Waals surface area contributed by atoms with Gasteiger partial charge in [0.15, 0.2) is 0 Å². The van der Waals surface area contributed by atoms with Crippen LogP contribution in [0, 0.1) is 0 Å². The highest BCUT2D eigenvalue weighted by atomic mass is 79.9. The van der Waals surface area contributed by atoms with Crippen LogP contribution in [-0.4, -0.2) is 4.98 Å². The van der Waals surface area contributed by atoms with Crippen molar-refractivity contribution in [3.63, 3.8) is 0 Å². The Morgan fingerprint density at radius 2 is 1.85 bits per heavy atom. The fraction of sp³-hybridized carbons (Fsp3) is 0. The van der Waals surface area contributed by atoms with E-state index in [1.54, 1.807) is 0 Å². The summed E-state index contributed by atoms with van der Waals surface area (Å²) in [5.41, 5.74) is 0.837. The minimum atomic E-state index is 0.326. The molecule has 1 aromatic heterocycles. The van der Waals surface area contributed by atoms with Crippen LogP contribution < -0.4 is 0 Å². The van der Waals surface area contributed by atoms with E-state index in [0.717, 1.165) is 15.4 Å². The Hall–Kier alpha value is -0.310. The summed E-state index contributed by atoms with van der Waals surface area (Å²) in [4.78, 5) is 4.14. The van der Waals surface area contributed by atoms with Crippen molar-refractivity contribution >= 4 is 50.0 Å². The number of nitrogens with zero attached hydrogens (tertiary/aromatic N) is 1. The first-order chi connectivity index (χ1) is 6.20. The van der Waals surface area contributed by atoms with E-state index in [2.05, 4.69) is 20.9 Å². The lowest BCUT2D eigenvalue weighted by atomic mass is 10.2. The van der Waals surface area contributed by atoms with Gasteiger partial charge in [-0.1, -0.05) is 41.4 Å². The summed E-state index contributed by atoms with van der Waals surface area (Å²) in [5.74, 6) is 0. The molecule has 0 radical (unpaired) electrons. The number of hydrogen-bond donors (Lipinski definition) is 0. The van der Waals surface area contributed by atoms with Crippen LogP contribution in [0.3, 0.4) is 0 Å². The maximum atomic E-state index is 5.92. The maximum Gasteiger partial charge on any atom is 0.149 e. The van der Waals surface area contributed by atoms with E-state index in [-0.39, 0.29) is 0 Å². The molecule has 0 amide bonds. The largest absolute Gasteiger partial charge is 0.234 e. The van der Waals surface area contributed by atoms with E-state index in [4.69, 9.17) is 23.2 Å². The number of pyridine rings is 1. The summed E-state index contributed by atoms with van der Waals surface area (Å²) in [6, 6.07) is 7.67. The average molecular weight is 277 g/mol. The van der Waals surface area contributed by atoms with Gasteiger partial charge in [-0.3, -0.25) is 0 Å². The van der Waals surface area contributed by atoms with Gasteiger partial charge in [-0.15, -0.1) is 0 Å². The summed E-state index contributed by atoms with van der Waals surface area (Å²) in [6.07, 6.45) is 0. The third-order valence-electron chi connectivity index (χ3n) is 1.73. The number of hydrogen-bond acceptors (Lipinski definition) is 1. The molecule has 66 valence electrons. The van der Waals surface area contributed by atoms with Gasteiger partial charge in [-0.05, 0) is 22.0 Å².